The largest absolute Gasteiger partial charge is 1.00 e. The molecule has 23 N–H and O–H groups in total. The van der Waals surface area contributed by atoms with Gasteiger partial charge in [-0.25, -0.2) is 0 Å². The summed E-state index contributed by atoms with van der Waals surface area (Å²) in [5, 5.41) is 110. The van der Waals surface area contributed by atoms with E-state index in [1.54, 1.807) is 0 Å². The van der Waals surface area contributed by atoms with E-state index in [9.17, 15) is 0 Å². The van der Waals surface area contributed by atoms with E-state index in [0.717, 1.165) is 0 Å². The van der Waals surface area contributed by atoms with E-state index < -0.39 is 36.6 Å². The van der Waals surface area contributed by atoms with Crippen molar-refractivity contribution in [2.75, 3.05) is 0 Å². The van der Waals surface area contributed by atoms with Gasteiger partial charge in [0.15, 0.2) is 0 Å². The van der Waals surface area contributed by atoms with Crippen LogP contribution in [0.25, 0.3) is 0 Å². The molecule has 0 radical (unpaired) electrons. The average Bonchev–Trinajstić information content (AvgIpc) is 1.94. The Balaban J connectivity index is -0.00000000978. The van der Waals surface area contributed by atoms with Crippen LogP contribution in [-0.2, 0) is 0 Å². The van der Waals surface area contributed by atoms with Crippen molar-refractivity contribution in [3.63, 3.8) is 0 Å². The zero-order chi connectivity index (χ0) is 17.9. The van der Waals surface area contributed by atoms with Crippen molar-refractivity contribution in [3.8, 4) is 0 Å². The molecule has 27 heavy (non-hydrogen) atoms. The van der Waals surface area contributed by atoms with Crippen molar-refractivity contribution in [2.24, 2.45) is 0 Å². The van der Waals surface area contributed by atoms with E-state index in [4.69, 9.17) is 75.4 Å². The van der Waals surface area contributed by atoms with Gasteiger partial charge < -0.3 is 103 Å². The fraction of sp³-hybridized carbons (Fsp3) is 0. The molecule has 0 aromatic carbocycles. The summed E-state index contributed by atoms with van der Waals surface area (Å²) in [6, 6.07) is 0. The Morgan fingerprint density at radius 2 is 0.333 bits per heavy atom. The van der Waals surface area contributed by atoms with Crippen LogP contribution in [0.2, 0.25) is 0 Å². The van der Waals surface area contributed by atoms with Crippen molar-refractivity contribution in [1.82, 2.24) is 0 Å². The van der Waals surface area contributed by atoms with Crippen LogP contribution < -0.4 is 113 Å². The summed E-state index contributed by atoms with van der Waals surface area (Å²) < 4.78 is 0. The number of hydrogen-bond donors (Lipinski definition) is 13. The van der Waals surface area contributed by atoms with Crippen LogP contribution in [0.1, 0.15) is 0 Å². The molecule has 0 heterocycles. The Bertz CT molecular complexity index is 86.9. The second-order valence-electron chi connectivity index (χ2n) is 1.69. The summed E-state index contributed by atoms with van der Waals surface area (Å²) in [7, 11) is -11.3. The molecule has 0 aliphatic carbocycles. The van der Waals surface area contributed by atoms with E-state index >= 15 is 0 Å². The molecule has 160 valence electrons. The summed E-state index contributed by atoms with van der Waals surface area (Å²) in [4.78, 5) is 0. The summed E-state index contributed by atoms with van der Waals surface area (Å²) in [6.45, 7) is 0. The molecular formula is H23B5K2O20. The summed E-state index contributed by atoms with van der Waals surface area (Å²) in [5.74, 6) is 0. The maximum absolute atomic E-state index is 8.53. The fourth-order valence-electron chi connectivity index (χ4n) is 0. The van der Waals surface area contributed by atoms with Crippen LogP contribution in [0, 0.1) is 0 Å². The Labute approximate surface area is 238 Å². The zero-order valence-electron chi connectivity index (χ0n) is 14.0. The standard InChI is InChI=1S/4BH3O3.BHO3.2K.5H2O/c5*2-1(3)4;;;;;;;/h4*2-4H;2H;;;5*1H2/q;;;;-2;2*+1;;;;;. The van der Waals surface area contributed by atoms with Crippen molar-refractivity contribution < 1.29 is 206 Å². The van der Waals surface area contributed by atoms with Gasteiger partial charge in [0.1, 0.15) is 0 Å². The van der Waals surface area contributed by atoms with Crippen LogP contribution in [0.15, 0.2) is 0 Å². The van der Waals surface area contributed by atoms with E-state index in [1.807, 2.05) is 0 Å². The van der Waals surface area contributed by atoms with Crippen molar-refractivity contribution >= 4 is 36.6 Å². The smallest absolute Gasteiger partial charge is 0.871 e. The molecule has 0 fully saturated rings. The monoisotopic (exact) mass is 476 g/mol. The van der Waals surface area contributed by atoms with Crippen molar-refractivity contribution in [3.05, 3.63) is 0 Å². The molecule has 0 saturated heterocycles. The summed E-state index contributed by atoms with van der Waals surface area (Å²) in [6.07, 6.45) is 0. The van der Waals surface area contributed by atoms with Crippen molar-refractivity contribution in [1.29, 1.82) is 0 Å². The van der Waals surface area contributed by atoms with Crippen molar-refractivity contribution in [2.45, 2.75) is 0 Å². The fourth-order valence-corrected chi connectivity index (χ4v) is 0. The van der Waals surface area contributed by atoms with Gasteiger partial charge in [-0.05, 0) is 0 Å². The molecular weight excluding hydrogens is 452 g/mol. The molecule has 20 nitrogen and oxygen atoms in total. The molecule has 0 aromatic rings. The minimum atomic E-state index is -2.67. The normalized spacial score (nSPS) is 5.00. The Morgan fingerprint density at radius 1 is 0.333 bits per heavy atom. The molecule has 0 rings (SSSR count). The minimum Gasteiger partial charge on any atom is -0.871 e. The average molecular weight is 475 g/mol. The molecule has 0 aromatic heterocycles. The Morgan fingerprint density at radius 3 is 0.333 bits per heavy atom. The van der Waals surface area contributed by atoms with E-state index in [-0.39, 0.29) is 130 Å². The van der Waals surface area contributed by atoms with Gasteiger partial charge in [-0.2, -0.15) is 0 Å². The van der Waals surface area contributed by atoms with Gasteiger partial charge in [0.05, 0.1) is 7.32 Å². The van der Waals surface area contributed by atoms with E-state index in [2.05, 4.69) is 0 Å². The molecule has 0 aliphatic heterocycles. The topological polar surface area (TPSA) is 467 Å². The molecule has 0 unspecified atom stereocenters. The van der Waals surface area contributed by atoms with E-state index in [0.29, 0.717) is 0 Å². The Hall–Kier alpha value is 2.80. The van der Waals surface area contributed by atoms with Gasteiger partial charge in [0.25, 0.3) is 0 Å². The molecule has 0 saturated carbocycles. The van der Waals surface area contributed by atoms with E-state index in [1.165, 1.54) is 0 Å². The first-order chi connectivity index (χ1) is 8.66. The zero-order valence-corrected chi connectivity index (χ0v) is 20.3. The minimum absolute atomic E-state index is 0. The van der Waals surface area contributed by atoms with Gasteiger partial charge >= 0.3 is 132 Å². The SMILES string of the molecule is O.O.O.O.O.OB(O)O.OB(O)O.OB(O)O.OB(O)O.[K+].[K+].[O-]B([O-])O. The molecule has 0 spiro atoms. The third kappa shape index (κ3) is 2640. The van der Waals surface area contributed by atoms with Gasteiger partial charge in [-0.3, -0.25) is 0 Å². The number of rotatable bonds is 0. The second kappa shape index (κ2) is 70.3. The summed E-state index contributed by atoms with van der Waals surface area (Å²) in [5.41, 5.74) is 0. The van der Waals surface area contributed by atoms with Gasteiger partial charge in [0.2, 0.25) is 0 Å². The molecule has 27 heteroatoms. The van der Waals surface area contributed by atoms with Gasteiger partial charge in [-0.1, -0.05) is 0 Å². The second-order valence-corrected chi connectivity index (χ2v) is 1.69. The van der Waals surface area contributed by atoms with Crippen LogP contribution >= 0.6 is 0 Å². The summed E-state index contributed by atoms with van der Waals surface area (Å²) >= 11 is 0. The third-order valence-electron chi connectivity index (χ3n) is 0. The predicted octanol–water partition coefficient (Wildman–Crippen LogP) is -21.6. The van der Waals surface area contributed by atoms with Crippen LogP contribution in [-0.4, -0.2) is 129 Å². The maximum atomic E-state index is 8.53. The first-order valence-electron chi connectivity index (χ1n) is 3.83. The Kier molecular flexibility index (Phi) is 203. The number of hydrogen-bond acceptors (Lipinski definition) is 15. The molecule has 0 amide bonds. The first kappa shape index (κ1) is 78.0. The molecule has 0 aliphatic rings. The molecule has 0 bridgehead atoms. The third-order valence-corrected chi connectivity index (χ3v) is 0. The first-order valence-corrected chi connectivity index (χ1v) is 3.83. The van der Waals surface area contributed by atoms with Gasteiger partial charge in [0, 0.05) is 0 Å². The quantitative estimate of drug-likeness (QED) is 0.144. The van der Waals surface area contributed by atoms with Crippen LogP contribution in [0.5, 0.6) is 0 Å². The van der Waals surface area contributed by atoms with Crippen LogP contribution in [0.4, 0.5) is 0 Å². The molecule has 0 atom stereocenters. The maximum Gasteiger partial charge on any atom is 1.00 e. The van der Waals surface area contributed by atoms with Gasteiger partial charge in [-0.15, -0.1) is 0 Å². The predicted molar refractivity (Wildman–Crippen MR) is 75.7 cm³/mol. The van der Waals surface area contributed by atoms with Crippen LogP contribution in [0.3, 0.4) is 0 Å².